The van der Waals surface area contributed by atoms with Crippen molar-refractivity contribution in [3.63, 3.8) is 0 Å². The number of fused-ring (bicyclic) bond motifs is 12. The van der Waals surface area contributed by atoms with Crippen molar-refractivity contribution in [2.45, 2.75) is 160 Å². The zero-order chi connectivity index (χ0) is 27.7. The van der Waals surface area contributed by atoms with Crippen LogP contribution in [0.25, 0.3) is 0 Å². The van der Waals surface area contributed by atoms with E-state index in [0.717, 1.165) is 59.7 Å². The highest BCUT2D eigenvalue weighted by Gasteiger charge is 2.30. The van der Waals surface area contributed by atoms with Crippen LogP contribution in [0.4, 0.5) is 0 Å². The van der Waals surface area contributed by atoms with Crippen LogP contribution in [0.1, 0.15) is 136 Å². The van der Waals surface area contributed by atoms with Gasteiger partial charge in [-0.25, -0.2) is 0 Å². The Balaban J connectivity index is 0.000000104. The Hall–Kier alpha value is -0.200. The summed E-state index contributed by atoms with van der Waals surface area (Å²) in [4.78, 5) is 0. The second-order valence-electron chi connectivity index (χ2n) is 16.1. The third-order valence-corrected chi connectivity index (χ3v) is 12.8. The van der Waals surface area contributed by atoms with Gasteiger partial charge in [-0.15, -0.1) is 0 Å². The first kappa shape index (κ1) is 33.2. The monoisotopic (exact) mass is 586 g/mol. The highest BCUT2D eigenvalue weighted by molar-refractivity contribution is 4.87. The Morgan fingerprint density at radius 3 is 1.29 bits per heavy atom. The minimum atomic E-state index is 0. The maximum Gasteiger partial charge on any atom is 0.00702 e. The zero-order valence-electron chi connectivity index (χ0n) is 26.7. The molecule has 0 aromatic carbocycles. The smallest absolute Gasteiger partial charge is 0.00702 e. The average Bonchev–Trinajstić information content (AvgIpc) is 3.63. The molecule has 244 valence electrons. The minimum Gasteiger partial charge on any atom is -0.316 e. The molecule has 6 heterocycles. The molecule has 11 rings (SSSR count). The quantitative estimate of drug-likeness (QED) is 0.221. The largest absolute Gasteiger partial charge is 0.316 e. The summed E-state index contributed by atoms with van der Waals surface area (Å²) < 4.78 is 0. The summed E-state index contributed by atoms with van der Waals surface area (Å²) in [6, 6.07) is 3.62. The first-order valence-electron chi connectivity index (χ1n) is 18.9. The fourth-order valence-electron chi connectivity index (χ4n) is 10.2. The Labute approximate surface area is 261 Å². The molecule has 5 saturated carbocycles. The number of hydrogen-bond donors (Lipinski definition) is 5. The SMILES string of the molecule is C.C1CC2CCC(C1)NC2.C1CC2CCC(C2)N1.C1CC2CNC(C1)C2.C1CC2CNC(C1)C2.C1CC2CNCC1C2. The highest BCUT2D eigenvalue weighted by Crippen LogP contribution is 2.33. The van der Waals surface area contributed by atoms with E-state index in [9.17, 15) is 0 Å². The van der Waals surface area contributed by atoms with E-state index in [-0.39, 0.29) is 7.43 Å². The minimum absolute atomic E-state index is 0. The third-order valence-electron chi connectivity index (χ3n) is 12.8. The van der Waals surface area contributed by atoms with Gasteiger partial charge in [0.15, 0.2) is 0 Å². The lowest BCUT2D eigenvalue weighted by Crippen LogP contribution is -2.35. The van der Waals surface area contributed by atoms with Crippen LogP contribution in [0.15, 0.2) is 0 Å². The summed E-state index contributed by atoms with van der Waals surface area (Å²) in [5, 5.41) is 17.6. The molecule has 5 N–H and O–H groups in total. The molecule has 0 amide bonds. The maximum atomic E-state index is 3.58. The Morgan fingerprint density at radius 2 is 0.762 bits per heavy atom. The van der Waals surface area contributed by atoms with Gasteiger partial charge in [-0.2, -0.15) is 0 Å². The van der Waals surface area contributed by atoms with Crippen LogP contribution in [0, 0.1) is 35.5 Å². The zero-order valence-corrected chi connectivity index (χ0v) is 26.7. The molecule has 42 heavy (non-hydrogen) atoms. The molecular formula is C37H71N5. The predicted octanol–water partition coefficient (Wildman–Crippen LogP) is 6.63. The molecule has 0 aromatic heterocycles. The summed E-state index contributed by atoms with van der Waals surface area (Å²) in [7, 11) is 0. The van der Waals surface area contributed by atoms with E-state index in [0.29, 0.717) is 0 Å². The van der Waals surface area contributed by atoms with Crippen molar-refractivity contribution in [3.8, 4) is 0 Å². The molecule has 0 radical (unpaired) electrons. The normalized spacial score (nSPS) is 43.4. The maximum absolute atomic E-state index is 3.58. The van der Waals surface area contributed by atoms with Gasteiger partial charge >= 0.3 is 0 Å². The lowest BCUT2D eigenvalue weighted by molar-refractivity contribution is 0.342. The number of hydrogen-bond acceptors (Lipinski definition) is 5. The first-order chi connectivity index (χ1) is 20.2. The predicted molar refractivity (Wildman–Crippen MR) is 180 cm³/mol. The fraction of sp³-hybridized carbons (Fsp3) is 1.00. The standard InChI is InChI=1S/C8H15N.4C7H13N.CH4/c1-2-7-4-5-8(3-1)9-6-7;1-2-7-3-6(1)4-8-5-7;1-2-7-5-6(1)3-4-8-7;2*1-2-6-4-7(3-1)8-5-6;/h7-9H,1-6H2;4*6-8H,1-5H2;1H4. The second-order valence-corrected chi connectivity index (χ2v) is 16.1. The molecule has 5 aliphatic carbocycles. The molecular weight excluding hydrogens is 514 g/mol. The van der Waals surface area contributed by atoms with Crippen molar-refractivity contribution in [2.75, 3.05) is 39.3 Å². The van der Waals surface area contributed by atoms with Gasteiger partial charge in [0.1, 0.15) is 0 Å². The fourth-order valence-corrected chi connectivity index (χ4v) is 10.2. The van der Waals surface area contributed by atoms with E-state index < -0.39 is 0 Å². The molecule has 10 atom stereocenters. The summed E-state index contributed by atoms with van der Waals surface area (Å²) >= 11 is 0. The molecule has 0 spiro atoms. The Bertz CT molecular complexity index is 568. The van der Waals surface area contributed by atoms with Crippen molar-refractivity contribution in [3.05, 3.63) is 0 Å². The van der Waals surface area contributed by atoms with Gasteiger partial charge in [0.25, 0.3) is 0 Å². The summed E-state index contributed by atoms with van der Waals surface area (Å²) in [6.45, 7) is 7.82. The van der Waals surface area contributed by atoms with E-state index in [4.69, 9.17) is 0 Å². The molecule has 5 heteroatoms. The van der Waals surface area contributed by atoms with E-state index in [1.165, 1.54) is 168 Å². The number of rotatable bonds is 0. The van der Waals surface area contributed by atoms with Gasteiger partial charge in [-0.3, -0.25) is 0 Å². The van der Waals surface area contributed by atoms with Gasteiger partial charge in [-0.05, 0) is 184 Å². The van der Waals surface area contributed by atoms with Crippen molar-refractivity contribution in [2.24, 2.45) is 35.5 Å². The van der Waals surface area contributed by atoms with Crippen LogP contribution in [-0.2, 0) is 0 Å². The second kappa shape index (κ2) is 17.5. The summed E-state index contributed by atoms with van der Waals surface area (Å²) in [5.74, 6) is 6.33. The highest BCUT2D eigenvalue weighted by atomic mass is 15.0. The Morgan fingerprint density at radius 1 is 0.310 bits per heavy atom. The number of nitrogens with one attached hydrogen (secondary N) is 5. The molecule has 6 saturated heterocycles. The van der Waals surface area contributed by atoms with Crippen molar-refractivity contribution >= 4 is 0 Å². The summed E-state index contributed by atoms with van der Waals surface area (Å²) in [6.07, 6.45) is 29.5. The molecule has 0 aromatic rings. The van der Waals surface area contributed by atoms with Crippen LogP contribution in [0.2, 0.25) is 0 Å². The molecule has 11 fully saturated rings. The van der Waals surface area contributed by atoms with E-state index in [1.54, 1.807) is 0 Å². The molecule has 5 nitrogen and oxygen atoms in total. The van der Waals surface area contributed by atoms with E-state index >= 15 is 0 Å². The third kappa shape index (κ3) is 10.4. The topological polar surface area (TPSA) is 60.1 Å². The van der Waals surface area contributed by atoms with Gasteiger partial charge in [-0.1, -0.05) is 26.7 Å². The van der Waals surface area contributed by atoms with Crippen LogP contribution in [0.3, 0.4) is 0 Å². The summed E-state index contributed by atoms with van der Waals surface area (Å²) in [5.41, 5.74) is 0. The van der Waals surface area contributed by atoms with Crippen LogP contribution in [-0.4, -0.2) is 63.4 Å². The van der Waals surface area contributed by atoms with Crippen LogP contribution >= 0.6 is 0 Å². The van der Waals surface area contributed by atoms with E-state index in [2.05, 4.69) is 26.6 Å². The lowest BCUT2D eigenvalue weighted by Gasteiger charge is -2.24. The lowest BCUT2D eigenvalue weighted by atomic mass is 9.91. The first-order valence-corrected chi connectivity index (χ1v) is 18.9. The molecule has 11 aliphatic rings. The van der Waals surface area contributed by atoms with E-state index in [1.807, 2.05) is 0 Å². The van der Waals surface area contributed by atoms with Crippen molar-refractivity contribution < 1.29 is 0 Å². The van der Waals surface area contributed by atoms with Crippen LogP contribution in [0.5, 0.6) is 0 Å². The van der Waals surface area contributed by atoms with Gasteiger partial charge in [0, 0.05) is 24.2 Å². The van der Waals surface area contributed by atoms with Crippen molar-refractivity contribution in [1.82, 2.24) is 26.6 Å². The average molecular weight is 586 g/mol. The van der Waals surface area contributed by atoms with Gasteiger partial charge in [0.05, 0.1) is 0 Å². The molecule has 6 aliphatic heterocycles. The Kier molecular flexibility index (Phi) is 13.8. The van der Waals surface area contributed by atoms with Gasteiger partial charge in [0.2, 0.25) is 0 Å². The van der Waals surface area contributed by atoms with Crippen LogP contribution < -0.4 is 26.6 Å². The van der Waals surface area contributed by atoms with Crippen molar-refractivity contribution in [1.29, 1.82) is 0 Å². The molecule has 10 bridgehead atoms. The number of piperidine rings is 3. The molecule has 10 unspecified atom stereocenters. The van der Waals surface area contributed by atoms with Gasteiger partial charge < -0.3 is 26.6 Å².